The second-order valence-corrected chi connectivity index (χ2v) is 5.07. The standard InChI is InChI=1S/C12H23N3O/c1-13-11-6-4-8-15(12(11)16)10-5-3-7-14(2)9-10/h10-11,13H,3-9H2,1-2H3. The predicted octanol–water partition coefficient (Wildman–Crippen LogP) is 0.291. The van der Waals surface area contributed by atoms with E-state index in [4.69, 9.17) is 0 Å². The average Bonchev–Trinajstić information content (AvgIpc) is 2.29. The van der Waals surface area contributed by atoms with E-state index in [1.54, 1.807) is 0 Å². The minimum absolute atomic E-state index is 0.0565. The highest BCUT2D eigenvalue weighted by atomic mass is 16.2. The highest BCUT2D eigenvalue weighted by Crippen LogP contribution is 2.20. The molecule has 0 saturated carbocycles. The molecule has 0 spiro atoms. The molecule has 2 rings (SSSR count). The molecule has 4 nitrogen and oxygen atoms in total. The number of piperidine rings is 2. The summed E-state index contributed by atoms with van der Waals surface area (Å²) in [5.41, 5.74) is 0. The number of rotatable bonds is 2. The van der Waals surface area contributed by atoms with Gasteiger partial charge in [-0.15, -0.1) is 0 Å². The maximum Gasteiger partial charge on any atom is 0.239 e. The first-order valence-corrected chi connectivity index (χ1v) is 6.38. The lowest BCUT2D eigenvalue weighted by molar-refractivity contribution is -0.139. The van der Waals surface area contributed by atoms with Gasteiger partial charge in [-0.05, 0) is 46.3 Å². The van der Waals surface area contributed by atoms with E-state index in [2.05, 4.69) is 22.2 Å². The van der Waals surface area contributed by atoms with Gasteiger partial charge in [0.1, 0.15) is 0 Å². The van der Waals surface area contributed by atoms with E-state index < -0.39 is 0 Å². The lowest BCUT2D eigenvalue weighted by atomic mass is 9.98. The van der Waals surface area contributed by atoms with Crippen LogP contribution in [-0.4, -0.2) is 61.5 Å². The molecule has 1 amide bonds. The third kappa shape index (κ3) is 2.38. The van der Waals surface area contributed by atoms with Crippen LogP contribution in [0.15, 0.2) is 0 Å². The molecule has 0 radical (unpaired) electrons. The molecule has 2 heterocycles. The summed E-state index contributed by atoms with van der Waals surface area (Å²) in [6.07, 6.45) is 4.52. The summed E-state index contributed by atoms with van der Waals surface area (Å²) in [5.74, 6) is 0.314. The van der Waals surface area contributed by atoms with Crippen molar-refractivity contribution in [2.24, 2.45) is 0 Å². The lowest BCUT2D eigenvalue weighted by Crippen LogP contribution is -2.57. The van der Waals surface area contributed by atoms with Gasteiger partial charge in [0.05, 0.1) is 6.04 Å². The van der Waals surface area contributed by atoms with Crippen molar-refractivity contribution in [1.82, 2.24) is 15.1 Å². The number of carbonyl (C=O) groups is 1. The Morgan fingerprint density at radius 3 is 2.69 bits per heavy atom. The molecule has 92 valence electrons. The summed E-state index contributed by atoms with van der Waals surface area (Å²) in [6, 6.07) is 0.503. The zero-order valence-electron chi connectivity index (χ0n) is 10.4. The van der Waals surface area contributed by atoms with Gasteiger partial charge < -0.3 is 15.1 Å². The summed E-state index contributed by atoms with van der Waals surface area (Å²) in [5, 5.41) is 3.13. The monoisotopic (exact) mass is 225 g/mol. The molecule has 0 aliphatic carbocycles. The number of amides is 1. The van der Waals surface area contributed by atoms with Crippen LogP contribution in [0.4, 0.5) is 0 Å². The Balaban J connectivity index is 1.99. The van der Waals surface area contributed by atoms with E-state index in [0.29, 0.717) is 11.9 Å². The summed E-state index contributed by atoms with van der Waals surface area (Å²) in [6.45, 7) is 3.17. The molecule has 0 aromatic heterocycles. The zero-order chi connectivity index (χ0) is 11.5. The number of likely N-dealkylation sites (N-methyl/N-ethyl adjacent to an activating group) is 2. The summed E-state index contributed by atoms with van der Waals surface area (Å²) >= 11 is 0. The van der Waals surface area contributed by atoms with E-state index in [1.807, 2.05) is 7.05 Å². The maximum atomic E-state index is 12.2. The Morgan fingerprint density at radius 1 is 1.25 bits per heavy atom. The molecule has 2 unspecified atom stereocenters. The Labute approximate surface area is 98.0 Å². The van der Waals surface area contributed by atoms with E-state index in [-0.39, 0.29) is 6.04 Å². The van der Waals surface area contributed by atoms with Gasteiger partial charge in [-0.2, -0.15) is 0 Å². The van der Waals surface area contributed by atoms with Crippen molar-refractivity contribution in [3.05, 3.63) is 0 Å². The highest BCUT2D eigenvalue weighted by molar-refractivity contribution is 5.82. The molecule has 16 heavy (non-hydrogen) atoms. The second kappa shape index (κ2) is 5.15. The van der Waals surface area contributed by atoms with E-state index in [9.17, 15) is 4.79 Å². The van der Waals surface area contributed by atoms with Gasteiger partial charge in [0.15, 0.2) is 0 Å². The molecule has 2 aliphatic rings. The number of nitrogens with zero attached hydrogens (tertiary/aromatic N) is 2. The van der Waals surface area contributed by atoms with Crippen LogP contribution in [0.5, 0.6) is 0 Å². The van der Waals surface area contributed by atoms with Crippen LogP contribution in [0.25, 0.3) is 0 Å². The van der Waals surface area contributed by atoms with Crippen molar-refractivity contribution in [3.63, 3.8) is 0 Å². The predicted molar refractivity (Wildman–Crippen MR) is 64.3 cm³/mol. The number of nitrogens with one attached hydrogen (secondary N) is 1. The van der Waals surface area contributed by atoms with Gasteiger partial charge in [-0.3, -0.25) is 4.79 Å². The smallest absolute Gasteiger partial charge is 0.239 e. The molecule has 2 aliphatic heterocycles. The first kappa shape index (κ1) is 11.9. The average molecular weight is 225 g/mol. The minimum Gasteiger partial charge on any atom is -0.337 e. The Hall–Kier alpha value is -0.610. The van der Waals surface area contributed by atoms with Crippen LogP contribution in [-0.2, 0) is 4.79 Å². The second-order valence-electron chi connectivity index (χ2n) is 5.07. The summed E-state index contributed by atoms with van der Waals surface area (Å²) in [7, 11) is 4.04. The van der Waals surface area contributed by atoms with Crippen LogP contribution in [0, 0.1) is 0 Å². The van der Waals surface area contributed by atoms with E-state index >= 15 is 0 Å². The fraction of sp³-hybridized carbons (Fsp3) is 0.917. The third-order valence-electron chi connectivity index (χ3n) is 3.86. The Morgan fingerprint density at radius 2 is 2.00 bits per heavy atom. The fourth-order valence-corrected chi connectivity index (χ4v) is 2.92. The summed E-state index contributed by atoms with van der Waals surface area (Å²) in [4.78, 5) is 16.7. The maximum absolute atomic E-state index is 12.2. The van der Waals surface area contributed by atoms with Crippen molar-refractivity contribution < 1.29 is 4.79 Å². The van der Waals surface area contributed by atoms with Crippen LogP contribution < -0.4 is 5.32 Å². The quantitative estimate of drug-likeness (QED) is 0.734. The van der Waals surface area contributed by atoms with E-state index in [1.165, 1.54) is 19.4 Å². The summed E-state index contributed by atoms with van der Waals surface area (Å²) < 4.78 is 0. The number of likely N-dealkylation sites (tertiary alicyclic amines) is 2. The first-order valence-electron chi connectivity index (χ1n) is 6.38. The van der Waals surface area contributed by atoms with Gasteiger partial charge in [-0.25, -0.2) is 0 Å². The van der Waals surface area contributed by atoms with Gasteiger partial charge in [-0.1, -0.05) is 0 Å². The molecule has 1 N–H and O–H groups in total. The number of hydrogen-bond acceptors (Lipinski definition) is 3. The van der Waals surface area contributed by atoms with Crippen molar-refractivity contribution in [2.45, 2.75) is 37.8 Å². The molecule has 4 heteroatoms. The Bertz CT molecular complexity index is 257. The third-order valence-corrected chi connectivity index (χ3v) is 3.86. The molecule has 2 saturated heterocycles. The molecule has 2 fully saturated rings. The normalized spacial score (nSPS) is 33.1. The SMILES string of the molecule is CNC1CCCN(C2CCCN(C)C2)C1=O. The van der Waals surface area contributed by atoms with Gasteiger partial charge in [0.25, 0.3) is 0 Å². The highest BCUT2D eigenvalue weighted by Gasteiger charge is 2.33. The van der Waals surface area contributed by atoms with Gasteiger partial charge >= 0.3 is 0 Å². The van der Waals surface area contributed by atoms with Crippen molar-refractivity contribution >= 4 is 5.91 Å². The van der Waals surface area contributed by atoms with Crippen LogP contribution in [0.3, 0.4) is 0 Å². The zero-order valence-corrected chi connectivity index (χ0v) is 10.4. The molecule has 0 aromatic rings. The molecule has 0 bridgehead atoms. The number of carbonyl (C=O) groups excluding carboxylic acids is 1. The van der Waals surface area contributed by atoms with Crippen LogP contribution in [0.2, 0.25) is 0 Å². The van der Waals surface area contributed by atoms with Gasteiger partial charge in [0, 0.05) is 19.1 Å². The number of hydrogen-bond donors (Lipinski definition) is 1. The molecule has 2 atom stereocenters. The Kier molecular flexibility index (Phi) is 3.82. The molecular weight excluding hydrogens is 202 g/mol. The molecular formula is C12H23N3O. The lowest BCUT2D eigenvalue weighted by Gasteiger charge is -2.41. The first-order chi connectivity index (χ1) is 7.72. The van der Waals surface area contributed by atoms with Crippen molar-refractivity contribution in [2.75, 3.05) is 33.7 Å². The van der Waals surface area contributed by atoms with Crippen LogP contribution >= 0.6 is 0 Å². The van der Waals surface area contributed by atoms with Crippen molar-refractivity contribution in [3.8, 4) is 0 Å². The topological polar surface area (TPSA) is 35.6 Å². The van der Waals surface area contributed by atoms with Crippen molar-refractivity contribution in [1.29, 1.82) is 0 Å². The van der Waals surface area contributed by atoms with E-state index in [0.717, 1.165) is 25.9 Å². The van der Waals surface area contributed by atoms with Gasteiger partial charge in [0.2, 0.25) is 5.91 Å². The minimum atomic E-state index is 0.0565. The largest absolute Gasteiger partial charge is 0.337 e. The molecule has 0 aromatic carbocycles. The van der Waals surface area contributed by atoms with Crippen LogP contribution in [0.1, 0.15) is 25.7 Å². The fourth-order valence-electron chi connectivity index (χ4n) is 2.92.